The first-order valence-electron chi connectivity index (χ1n) is 13.2. The molecule has 1 aliphatic heterocycles. The van der Waals surface area contributed by atoms with E-state index in [1.807, 2.05) is 54.6 Å². The van der Waals surface area contributed by atoms with Gasteiger partial charge in [-0.25, -0.2) is 0 Å². The van der Waals surface area contributed by atoms with E-state index in [-0.39, 0.29) is 24.6 Å². The summed E-state index contributed by atoms with van der Waals surface area (Å²) in [6.07, 6.45) is 1.79. The third-order valence-electron chi connectivity index (χ3n) is 7.31. The largest absolute Gasteiger partial charge is 0.495 e. The molecule has 2 aromatic carbocycles. The summed E-state index contributed by atoms with van der Waals surface area (Å²) in [5.41, 5.74) is 7.56. The van der Waals surface area contributed by atoms with Crippen LogP contribution in [0.3, 0.4) is 0 Å². The minimum Gasteiger partial charge on any atom is -0.495 e. The number of amides is 1. The van der Waals surface area contributed by atoms with Gasteiger partial charge >= 0.3 is 0 Å². The van der Waals surface area contributed by atoms with Crippen LogP contribution >= 0.6 is 23.8 Å². The molecule has 3 heterocycles. The number of nitrogens with zero attached hydrogens (tertiary/aromatic N) is 3. The zero-order valence-corrected chi connectivity index (χ0v) is 25.1. The summed E-state index contributed by atoms with van der Waals surface area (Å²) in [6, 6.07) is 19.2. The molecule has 0 radical (unpaired) electrons. The second-order valence-corrected chi connectivity index (χ2v) is 10.8. The van der Waals surface area contributed by atoms with Gasteiger partial charge in [0.2, 0.25) is 5.91 Å². The van der Waals surface area contributed by atoms with Gasteiger partial charge in [-0.2, -0.15) is 0 Å². The second kappa shape index (κ2) is 11.9. The van der Waals surface area contributed by atoms with Gasteiger partial charge in [0, 0.05) is 41.1 Å². The third kappa shape index (κ3) is 5.53. The van der Waals surface area contributed by atoms with Gasteiger partial charge in [-0.1, -0.05) is 23.7 Å². The Morgan fingerprint density at radius 2 is 1.90 bits per heavy atom. The maximum atomic E-state index is 12.4. The molecular weight excluding hydrogens is 558 g/mol. The Hall–Kier alpha value is -3.92. The van der Waals surface area contributed by atoms with E-state index < -0.39 is 0 Å². The molecule has 4 aromatic rings. The summed E-state index contributed by atoms with van der Waals surface area (Å²) >= 11 is 12.4. The SMILES string of the molecule is COCC(=O)Nc1cc(N2C(=S)NC(c3ccccn3)C2c2cc(C)n(-c3cc(Cl)ccc3C)c2C)ccc1OC. The smallest absolute Gasteiger partial charge is 0.250 e. The summed E-state index contributed by atoms with van der Waals surface area (Å²) in [5.74, 6) is 0.247. The molecule has 2 atom stereocenters. The maximum absolute atomic E-state index is 12.4. The van der Waals surface area contributed by atoms with Crippen molar-refractivity contribution in [2.24, 2.45) is 0 Å². The van der Waals surface area contributed by atoms with Crippen LogP contribution in [0.15, 0.2) is 66.9 Å². The molecule has 1 saturated heterocycles. The highest BCUT2D eigenvalue weighted by Gasteiger charge is 2.42. The molecule has 0 spiro atoms. The number of rotatable bonds is 8. The second-order valence-electron chi connectivity index (χ2n) is 9.96. The number of benzene rings is 2. The molecule has 0 aliphatic carbocycles. The lowest BCUT2D eigenvalue weighted by Gasteiger charge is -2.29. The fourth-order valence-electron chi connectivity index (χ4n) is 5.49. The topological polar surface area (TPSA) is 80.7 Å². The van der Waals surface area contributed by atoms with Gasteiger partial charge in [-0.05, 0) is 92.6 Å². The Labute approximate surface area is 250 Å². The maximum Gasteiger partial charge on any atom is 0.250 e. The molecule has 41 heavy (non-hydrogen) atoms. The summed E-state index contributed by atoms with van der Waals surface area (Å²) in [4.78, 5) is 19.2. The Morgan fingerprint density at radius 1 is 1.10 bits per heavy atom. The van der Waals surface area contributed by atoms with Crippen molar-refractivity contribution in [2.45, 2.75) is 32.9 Å². The van der Waals surface area contributed by atoms with Crippen molar-refractivity contribution >= 4 is 46.2 Å². The normalized spacial score (nSPS) is 16.5. The molecule has 0 bridgehead atoms. The van der Waals surface area contributed by atoms with Gasteiger partial charge in [0.05, 0.1) is 30.6 Å². The minimum absolute atomic E-state index is 0.0731. The molecule has 2 N–H and O–H groups in total. The molecule has 8 nitrogen and oxygen atoms in total. The van der Waals surface area contributed by atoms with Crippen LogP contribution in [0.5, 0.6) is 5.75 Å². The molecule has 0 saturated carbocycles. The number of anilines is 2. The van der Waals surface area contributed by atoms with Gasteiger partial charge in [-0.3, -0.25) is 9.78 Å². The van der Waals surface area contributed by atoms with Crippen LogP contribution in [0.4, 0.5) is 11.4 Å². The van der Waals surface area contributed by atoms with E-state index in [1.54, 1.807) is 13.3 Å². The number of hydrogen-bond acceptors (Lipinski definition) is 5. The number of aromatic nitrogens is 2. The summed E-state index contributed by atoms with van der Waals surface area (Å²) in [6.45, 7) is 6.21. The van der Waals surface area contributed by atoms with Crippen LogP contribution in [0, 0.1) is 20.8 Å². The molecule has 212 valence electrons. The molecule has 1 amide bonds. The lowest BCUT2D eigenvalue weighted by atomic mass is 9.96. The predicted molar refractivity (Wildman–Crippen MR) is 166 cm³/mol. The van der Waals surface area contributed by atoms with Crippen LogP contribution in [0.1, 0.15) is 40.3 Å². The van der Waals surface area contributed by atoms with E-state index >= 15 is 0 Å². The number of thiocarbonyl (C=S) groups is 1. The zero-order chi connectivity index (χ0) is 29.3. The van der Waals surface area contributed by atoms with Crippen molar-refractivity contribution in [1.29, 1.82) is 0 Å². The quantitative estimate of drug-likeness (QED) is 0.236. The fourth-order valence-corrected chi connectivity index (χ4v) is 6.00. The van der Waals surface area contributed by atoms with Crippen LogP contribution < -0.4 is 20.3 Å². The predicted octanol–water partition coefficient (Wildman–Crippen LogP) is 6.22. The molecule has 5 rings (SSSR count). The number of halogens is 1. The number of ether oxygens (including phenoxy) is 2. The monoisotopic (exact) mass is 589 g/mol. The lowest BCUT2D eigenvalue weighted by molar-refractivity contribution is -0.119. The molecule has 2 unspecified atom stereocenters. The van der Waals surface area contributed by atoms with Gasteiger partial charge in [0.15, 0.2) is 5.11 Å². The average Bonchev–Trinajstić information content (AvgIpc) is 3.45. The molecular formula is C31H32ClN5O3S. The minimum atomic E-state index is -0.284. The first-order valence-corrected chi connectivity index (χ1v) is 13.9. The van der Waals surface area contributed by atoms with E-state index in [0.29, 0.717) is 21.6 Å². The summed E-state index contributed by atoms with van der Waals surface area (Å²) in [5, 5.41) is 7.63. The highest BCUT2D eigenvalue weighted by molar-refractivity contribution is 7.80. The number of aryl methyl sites for hydroxylation is 2. The molecule has 1 aliphatic rings. The van der Waals surface area contributed by atoms with Gasteiger partial charge < -0.3 is 29.6 Å². The highest BCUT2D eigenvalue weighted by atomic mass is 35.5. The number of pyridine rings is 1. The highest BCUT2D eigenvalue weighted by Crippen LogP contribution is 2.45. The Balaban J connectivity index is 1.66. The first kappa shape index (κ1) is 28.6. The molecule has 10 heteroatoms. The standard InChI is InChI=1S/C31H32ClN5O3S/c1-18-9-10-21(32)15-26(18)36-19(2)14-23(20(36)3)30-29(24-8-6-7-13-33-24)35-31(41)37(30)22-11-12-27(40-5)25(16-22)34-28(38)17-39-4/h6-16,29-30H,17H2,1-5H3,(H,34,38)(H,35,41). The van der Waals surface area contributed by atoms with E-state index in [2.05, 4.69) is 51.9 Å². The molecule has 1 fully saturated rings. The summed E-state index contributed by atoms with van der Waals surface area (Å²) in [7, 11) is 3.04. The Kier molecular flexibility index (Phi) is 8.30. The number of nitrogens with one attached hydrogen (secondary N) is 2. The summed E-state index contributed by atoms with van der Waals surface area (Å²) < 4.78 is 12.8. The van der Waals surface area contributed by atoms with Crippen LogP contribution in [-0.4, -0.2) is 41.4 Å². The fraction of sp³-hybridized carbons (Fsp3) is 0.258. The van der Waals surface area contributed by atoms with Crippen molar-refractivity contribution in [1.82, 2.24) is 14.9 Å². The number of carbonyl (C=O) groups is 1. The van der Waals surface area contributed by atoms with Gasteiger partial charge in [0.1, 0.15) is 12.4 Å². The Bertz CT molecular complexity index is 1610. The van der Waals surface area contributed by atoms with Crippen molar-refractivity contribution in [3.05, 3.63) is 100 Å². The van der Waals surface area contributed by atoms with Crippen LogP contribution in [0.2, 0.25) is 5.02 Å². The lowest BCUT2D eigenvalue weighted by Crippen LogP contribution is -2.29. The average molecular weight is 590 g/mol. The number of methoxy groups -OCH3 is 2. The zero-order valence-electron chi connectivity index (χ0n) is 23.6. The van der Waals surface area contributed by atoms with E-state index in [4.69, 9.17) is 33.3 Å². The first-order chi connectivity index (χ1) is 19.7. The van der Waals surface area contributed by atoms with E-state index in [0.717, 1.165) is 39.6 Å². The van der Waals surface area contributed by atoms with Crippen LogP contribution in [0.25, 0.3) is 5.69 Å². The third-order valence-corrected chi connectivity index (χ3v) is 7.86. The van der Waals surface area contributed by atoms with Crippen molar-refractivity contribution in [2.75, 3.05) is 31.0 Å². The van der Waals surface area contributed by atoms with Gasteiger partial charge in [0.25, 0.3) is 0 Å². The van der Waals surface area contributed by atoms with E-state index in [9.17, 15) is 4.79 Å². The van der Waals surface area contributed by atoms with Crippen molar-refractivity contribution in [3.63, 3.8) is 0 Å². The molecule has 2 aromatic heterocycles. The van der Waals surface area contributed by atoms with Crippen molar-refractivity contribution < 1.29 is 14.3 Å². The van der Waals surface area contributed by atoms with Crippen LogP contribution in [-0.2, 0) is 9.53 Å². The number of carbonyl (C=O) groups excluding carboxylic acids is 1. The Morgan fingerprint density at radius 3 is 2.61 bits per heavy atom. The number of hydrogen-bond donors (Lipinski definition) is 2. The van der Waals surface area contributed by atoms with E-state index in [1.165, 1.54) is 7.11 Å². The van der Waals surface area contributed by atoms with Crippen molar-refractivity contribution in [3.8, 4) is 11.4 Å². The van der Waals surface area contributed by atoms with Gasteiger partial charge in [-0.15, -0.1) is 0 Å².